The molecule has 0 spiro atoms. The quantitative estimate of drug-likeness (QED) is 0.654. The van der Waals surface area contributed by atoms with Crippen molar-refractivity contribution in [2.45, 2.75) is 13.5 Å². The van der Waals surface area contributed by atoms with E-state index in [0.717, 1.165) is 10.3 Å². The molecule has 9 heteroatoms. The molecular weight excluding hydrogens is 346 g/mol. The summed E-state index contributed by atoms with van der Waals surface area (Å²) in [7, 11) is 0. The Balaban J connectivity index is 1.93. The molecule has 4 rings (SSSR count). The third kappa shape index (κ3) is 2.10. The molecule has 0 radical (unpaired) electrons. The molecule has 2 amide bonds. The lowest BCUT2D eigenvalue weighted by Gasteiger charge is -2.37. The van der Waals surface area contributed by atoms with Gasteiger partial charge in [0.25, 0.3) is 0 Å². The summed E-state index contributed by atoms with van der Waals surface area (Å²) < 4.78 is 28.8. The zero-order chi connectivity index (χ0) is 18.6. The van der Waals surface area contributed by atoms with Crippen molar-refractivity contribution in [2.24, 2.45) is 0 Å². The van der Waals surface area contributed by atoms with Crippen molar-refractivity contribution in [1.82, 2.24) is 9.97 Å². The van der Waals surface area contributed by atoms with Crippen LogP contribution in [0.1, 0.15) is 12.5 Å². The van der Waals surface area contributed by atoms with Crippen molar-refractivity contribution in [3.8, 4) is 11.5 Å². The molecule has 1 aliphatic rings. The molecule has 0 saturated heterocycles. The van der Waals surface area contributed by atoms with Gasteiger partial charge in [-0.2, -0.15) is 0 Å². The van der Waals surface area contributed by atoms with E-state index in [0.29, 0.717) is 23.0 Å². The van der Waals surface area contributed by atoms with Crippen molar-refractivity contribution < 1.29 is 23.8 Å². The van der Waals surface area contributed by atoms with Gasteiger partial charge in [-0.1, -0.05) is 0 Å². The van der Waals surface area contributed by atoms with Gasteiger partial charge in [-0.15, -0.1) is 0 Å². The van der Waals surface area contributed by atoms with E-state index in [-0.39, 0.29) is 13.1 Å². The number of anilines is 2. The van der Waals surface area contributed by atoms with Crippen LogP contribution in [-0.2, 0) is 6.54 Å². The molecule has 134 valence electrons. The molecule has 1 aromatic carbocycles. The predicted octanol–water partition coefficient (Wildman–Crippen LogP) is 3.22. The monoisotopic (exact) mass is 360 g/mol. The van der Waals surface area contributed by atoms with Gasteiger partial charge in [-0.3, -0.25) is 9.80 Å². The molecule has 0 aliphatic carbocycles. The maximum atomic E-state index is 14.4. The summed E-state index contributed by atoms with van der Waals surface area (Å²) in [5.41, 5.74) is 0.993. The number of hydrogen-bond donors (Lipinski definition) is 3. The predicted molar refractivity (Wildman–Crippen MR) is 90.4 cm³/mol. The number of aromatic hydroxyl groups is 2. The van der Waals surface area contributed by atoms with Gasteiger partial charge in [-0.25, -0.2) is 18.6 Å². The van der Waals surface area contributed by atoms with Crippen LogP contribution in [0.4, 0.5) is 25.0 Å². The third-order valence-corrected chi connectivity index (χ3v) is 4.42. The van der Waals surface area contributed by atoms with Gasteiger partial charge in [0.15, 0.2) is 23.1 Å². The fourth-order valence-corrected chi connectivity index (χ4v) is 3.25. The molecule has 0 fully saturated rings. The smallest absolute Gasteiger partial charge is 0.329 e. The molecule has 0 bridgehead atoms. The first-order valence-electron chi connectivity index (χ1n) is 7.88. The second-order valence-corrected chi connectivity index (χ2v) is 5.88. The Labute approximate surface area is 146 Å². The summed E-state index contributed by atoms with van der Waals surface area (Å²) in [6.45, 7) is 1.83. The zero-order valence-electron chi connectivity index (χ0n) is 13.6. The standard InChI is InChI=1S/C17H14F2N4O3/c1-2-22-14-8(6-21-16-9(14)3-4-20-16)7-23(17(22)26)15-12(18)10(24)5-11(25)13(15)19/h3-6,24-25H,2,7H2,1H3,(H,20,21). The molecule has 26 heavy (non-hydrogen) atoms. The SMILES string of the molecule is CCN1C(=O)N(c2c(F)c(O)cc(O)c2F)Cc2cnc3[nH]ccc3c21. The summed E-state index contributed by atoms with van der Waals surface area (Å²) in [6, 6.07) is 1.66. The number of aromatic nitrogens is 2. The van der Waals surface area contributed by atoms with Gasteiger partial charge in [-0.05, 0) is 13.0 Å². The van der Waals surface area contributed by atoms with E-state index in [4.69, 9.17) is 0 Å². The molecule has 2 aromatic heterocycles. The number of fused-ring (bicyclic) bond motifs is 3. The summed E-state index contributed by atoms with van der Waals surface area (Å²) >= 11 is 0. The van der Waals surface area contributed by atoms with Gasteiger partial charge in [0, 0.05) is 36.0 Å². The Morgan fingerprint density at radius 1 is 1.23 bits per heavy atom. The zero-order valence-corrected chi connectivity index (χ0v) is 13.6. The van der Waals surface area contributed by atoms with Gasteiger partial charge in [0.05, 0.1) is 12.2 Å². The van der Waals surface area contributed by atoms with Crippen molar-refractivity contribution >= 4 is 28.4 Å². The van der Waals surface area contributed by atoms with Crippen LogP contribution in [0.5, 0.6) is 11.5 Å². The van der Waals surface area contributed by atoms with Gasteiger partial charge >= 0.3 is 6.03 Å². The number of urea groups is 1. The van der Waals surface area contributed by atoms with Gasteiger partial charge in [0.2, 0.25) is 0 Å². The van der Waals surface area contributed by atoms with Gasteiger partial charge in [0.1, 0.15) is 11.3 Å². The van der Waals surface area contributed by atoms with Crippen molar-refractivity contribution in [3.63, 3.8) is 0 Å². The first-order chi connectivity index (χ1) is 12.4. The number of phenols is 2. The first kappa shape index (κ1) is 16.1. The van der Waals surface area contributed by atoms with Gasteiger partial charge < -0.3 is 15.2 Å². The average Bonchev–Trinajstić information content (AvgIpc) is 3.09. The molecule has 3 heterocycles. The van der Waals surface area contributed by atoms with E-state index < -0.39 is 34.9 Å². The van der Waals surface area contributed by atoms with E-state index >= 15 is 0 Å². The Morgan fingerprint density at radius 2 is 1.92 bits per heavy atom. The number of hydrogen-bond acceptors (Lipinski definition) is 4. The minimum Gasteiger partial charge on any atom is -0.505 e. The normalized spacial score (nSPS) is 14.2. The highest BCUT2D eigenvalue weighted by Crippen LogP contribution is 2.41. The van der Waals surface area contributed by atoms with Crippen LogP contribution in [0.2, 0.25) is 0 Å². The number of pyridine rings is 1. The third-order valence-electron chi connectivity index (χ3n) is 4.42. The maximum Gasteiger partial charge on any atom is 0.329 e. The number of nitrogens with zero attached hydrogens (tertiary/aromatic N) is 3. The molecule has 3 aromatic rings. The van der Waals surface area contributed by atoms with E-state index in [1.165, 1.54) is 11.1 Å². The molecule has 0 saturated carbocycles. The fraction of sp³-hybridized carbons (Fsp3) is 0.176. The van der Waals surface area contributed by atoms with E-state index in [2.05, 4.69) is 9.97 Å². The first-order valence-corrected chi connectivity index (χ1v) is 7.88. The van der Waals surface area contributed by atoms with E-state index in [9.17, 15) is 23.8 Å². The number of benzene rings is 1. The van der Waals surface area contributed by atoms with Crippen molar-refractivity contribution in [3.05, 3.63) is 41.7 Å². The largest absolute Gasteiger partial charge is 0.505 e. The number of carbonyl (C=O) groups is 1. The molecule has 0 unspecified atom stereocenters. The maximum absolute atomic E-state index is 14.4. The summed E-state index contributed by atoms with van der Waals surface area (Å²) in [5, 5.41) is 19.9. The van der Waals surface area contributed by atoms with E-state index in [1.807, 2.05) is 0 Å². The summed E-state index contributed by atoms with van der Waals surface area (Å²) in [6.07, 6.45) is 3.21. The lowest BCUT2D eigenvalue weighted by Crippen LogP contribution is -2.48. The molecule has 7 nitrogen and oxygen atoms in total. The number of carbonyl (C=O) groups excluding carboxylic acids is 1. The molecule has 3 N–H and O–H groups in total. The lowest BCUT2D eigenvalue weighted by molar-refractivity contribution is 0.250. The van der Waals surface area contributed by atoms with Crippen LogP contribution >= 0.6 is 0 Å². The highest BCUT2D eigenvalue weighted by Gasteiger charge is 2.36. The molecule has 0 atom stereocenters. The Hall–Kier alpha value is -3.36. The summed E-state index contributed by atoms with van der Waals surface area (Å²) in [4.78, 5) is 22.4. The van der Waals surface area contributed by atoms with Crippen molar-refractivity contribution in [2.75, 3.05) is 16.3 Å². The number of H-pyrrole nitrogens is 1. The Morgan fingerprint density at radius 3 is 2.58 bits per heavy atom. The topological polar surface area (TPSA) is 92.7 Å². The number of aromatic amines is 1. The Bertz CT molecular complexity index is 1020. The Kier molecular flexibility index (Phi) is 3.46. The highest BCUT2D eigenvalue weighted by molar-refractivity contribution is 6.11. The highest BCUT2D eigenvalue weighted by atomic mass is 19.1. The number of amides is 2. The second kappa shape index (κ2) is 5.58. The van der Waals surface area contributed by atoms with Crippen LogP contribution < -0.4 is 9.80 Å². The van der Waals surface area contributed by atoms with E-state index in [1.54, 1.807) is 19.2 Å². The number of rotatable bonds is 2. The fourth-order valence-electron chi connectivity index (χ4n) is 3.25. The minimum absolute atomic E-state index is 0.157. The van der Waals surface area contributed by atoms with Crippen LogP contribution in [0.15, 0.2) is 24.5 Å². The number of halogens is 2. The van der Waals surface area contributed by atoms with Crippen LogP contribution in [0.25, 0.3) is 11.0 Å². The van der Waals surface area contributed by atoms with Crippen LogP contribution in [0, 0.1) is 11.6 Å². The summed E-state index contributed by atoms with van der Waals surface area (Å²) in [5.74, 6) is -4.52. The van der Waals surface area contributed by atoms with Crippen LogP contribution in [0.3, 0.4) is 0 Å². The van der Waals surface area contributed by atoms with Crippen molar-refractivity contribution in [1.29, 1.82) is 0 Å². The molecular formula is C17H14F2N4O3. The van der Waals surface area contributed by atoms with Crippen LogP contribution in [-0.4, -0.2) is 32.8 Å². The number of nitrogens with one attached hydrogen (secondary N) is 1. The minimum atomic E-state index is -1.32. The number of phenolic OH excluding ortho intramolecular Hbond substituents is 2. The lowest BCUT2D eigenvalue weighted by atomic mass is 10.1. The second-order valence-electron chi connectivity index (χ2n) is 5.88. The molecule has 1 aliphatic heterocycles. The average molecular weight is 360 g/mol.